The van der Waals surface area contributed by atoms with Crippen LogP contribution in [-0.4, -0.2) is 52.7 Å². The van der Waals surface area contributed by atoms with Crippen LogP contribution in [0.1, 0.15) is 68.7 Å². The van der Waals surface area contributed by atoms with Crippen molar-refractivity contribution < 1.29 is 28.0 Å². The number of nitrogens with zero attached hydrogens (tertiary/aromatic N) is 2. The van der Waals surface area contributed by atoms with E-state index in [1.54, 1.807) is 26.1 Å². The van der Waals surface area contributed by atoms with E-state index in [1.807, 2.05) is 13.0 Å². The standard InChI is InChI=1S/C30H34F2N4O4/c1-18(20-11-22(31)14-23(32)12-20)36(27(39)29(2)9-5-4-6-10-29)17-25(37)33-24-8-7-19-15-30(16-21(19)13-24)26(38)34-28(40)35(30)3/h7-8,11-14,18H,4-6,9-10,15-17H2,1-3H3,(H,33,37)(H,34,38,40)/t18-,30+/m1/s1. The number of benzene rings is 2. The van der Waals surface area contributed by atoms with Gasteiger partial charge >= 0.3 is 6.03 Å². The summed E-state index contributed by atoms with van der Waals surface area (Å²) in [5.74, 6) is -2.50. The average molecular weight is 553 g/mol. The van der Waals surface area contributed by atoms with Crippen molar-refractivity contribution in [3.63, 3.8) is 0 Å². The molecule has 2 aliphatic carbocycles. The van der Waals surface area contributed by atoms with Crippen molar-refractivity contribution in [2.24, 2.45) is 5.41 Å². The predicted molar refractivity (Wildman–Crippen MR) is 144 cm³/mol. The molecular formula is C30H34F2N4O4. The number of carbonyl (C=O) groups is 4. The van der Waals surface area contributed by atoms with Crippen molar-refractivity contribution in [2.75, 3.05) is 18.9 Å². The number of hydrogen-bond acceptors (Lipinski definition) is 4. The van der Waals surface area contributed by atoms with Gasteiger partial charge in [0.2, 0.25) is 11.8 Å². The van der Waals surface area contributed by atoms with Crippen LogP contribution in [-0.2, 0) is 27.2 Å². The van der Waals surface area contributed by atoms with Gasteiger partial charge in [-0.25, -0.2) is 13.6 Å². The van der Waals surface area contributed by atoms with Gasteiger partial charge in [0.15, 0.2) is 0 Å². The molecule has 212 valence electrons. The van der Waals surface area contributed by atoms with Gasteiger partial charge in [-0.1, -0.05) is 32.3 Å². The molecule has 1 spiro atoms. The Morgan fingerprint density at radius 3 is 2.30 bits per heavy atom. The molecule has 2 fully saturated rings. The summed E-state index contributed by atoms with van der Waals surface area (Å²) in [6.45, 7) is 3.27. The summed E-state index contributed by atoms with van der Waals surface area (Å²) in [4.78, 5) is 54.7. The van der Waals surface area contributed by atoms with Crippen LogP contribution in [0.15, 0.2) is 36.4 Å². The molecule has 3 aliphatic rings. The molecular weight excluding hydrogens is 518 g/mol. The minimum atomic E-state index is -0.976. The highest BCUT2D eigenvalue weighted by atomic mass is 19.1. The smallest absolute Gasteiger partial charge is 0.324 e. The highest BCUT2D eigenvalue weighted by Gasteiger charge is 2.54. The Balaban J connectivity index is 1.36. The summed E-state index contributed by atoms with van der Waals surface area (Å²) in [7, 11) is 1.60. The zero-order chi connectivity index (χ0) is 28.8. The quantitative estimate of drug-likeness (QED) is 0.517. The number of fused-ring (bicyclic) bond motifs is 1. The second-order valence-electron chi connectivity index (χ2n) is 11.7. The van der Waals surface area contributed by atoms with E-state index in [9.17, 15) is 28.0 Å². The van der Waals surface area contributed by atoms with Gasteiger partial charge in [0.05, 0.1) is 6.04 Å². The molecule has 2 aromatic carbocycles. The van der Waals surface area contributed by atoms with Gasteiger partial charge in [0, 0.05) is 37.1 Å². The number of imide groups is 1. The molecule has 5 rings (SSSR count). The van der Waals surface area contributed by atoms with E-state index in [2.05, 4.69) is 10.6 Å². The van der Waals surface area contributed by atoms with Crippen LogP contribution in [0.3, 0.4) is 0 Å². The van der Waals surface area contributed by atoms with Gasteiger partial charge in [0.25, 0.3) is 5.91 Å². The summed E-state index contributed by atoms with van der Waals surface area (Å²) in [5.41, 5.74) is 0.893. The van der Waals surface area contributed by atoms with Gasteiger partial charge in [-0.05, 0) is 60.7 Å². The van der Waals surface area contributed by atoms with Gasteiger partial charge in [-0.15, -0.1) is 0 Å². The van der Waals surface area contributed by atoms with Crippen LogP contribution in [0.4, 0.5) is 19.3 Å². The first kappa shape index (κ1) is 27.7. The van der Waals surface area contributed by atoms with E-state index in [0.29, 0.717) is 31.4 Å². The number of halogens is 2. The Morgan fingerprint density at radius 1 is 1.02 bits per heavy atom. The van der Waals surface area contributed by atoms with Crippen molar-refractivity contribution in [1.82, 2.24) is 15.1 Å². The van der Waals surface area contributed by atoms with Gasteiger partial charge < -0.3 is 15.1 Å². The SMILES string of the molecule is C[C@H](c1cc(F)cc(F)c1)N(CC(=O)Nc1ccc2c(c1)C[C@@]1(C2)C(=O)NC(=O)N1C)C(=O)C1(C)CCCCC1. The average Bonchev–Trinajstić information content (AvgIpc) is 3.39. The fourth-order valence-electron chi connectivity index (χ4n) is 6.40. The molecule has 10 heteroatoms. The number of carbonyl (C=O) groups excluding carboxylic acids is 4. The van der Waals surface area contributed by atoms with Gasteiger partial charge in [0.1, 0.15) is 23.7 Å². The normalized spacial score (nSPS) is 22.2. The van der Waals surface area contributed by atoms with Crippen LogP contribution in [0.2, 0.25) is 0 Å². The van der Waals surface area contributed by atoms with Gasteiger partial charge in [-0.3, -0.25) is 19.7 Å². The molecule has 1 saturated carbocycles. The first-order chi connectivity index (χ1) is 18.9. The lowest BCUT2D eigenvalue weighted by Crippen LogP contribution is -2.48. The second kappa shape index (κ2) is 10.3. The van der Waals surface area contributed by atoms with Crippen molar-refractivity contribution in [3.05, 3.63) is 64.7 Å². The number of likely N-dealkylation sites (N-methyl/N-ethyl adjacent to an activating group) is 1. The van der Waals surface area contributed by atoms with E-state index in [0.717, 1.165) is 36.5 Å². The highest BCUT2D eigenvalue weighted by Crippen LogP contribution is 2.40. The lowest BCUT2D eigenvalue weighted by molar-refractivity contribution is -0.147. The van der Waals surface area contributed by atoms with Gasteiger partial charge in [-0.2, -0.15) is 0 Å². The third-order valence-corrected chi connectivity index (χ3v) is 8.93. The lowest BCUT2D eigenvalue weighted by Gasteiger charge is -2.39. The molecule has 2 aromatic rings. The molecule has 5 amide bonds. The van der Waals surface area contributed by atoms with E-state index in [-0.39, 0.29) is 23.9 Å². The van der Waals surface area contributed by atoms with Crippen LogP contribution in [0.5, 0.6) is 0 Å². The summed E-state index contributed by atoms with van der Waals surface area (Å²) in [6, 6.07) is 7.31. The Labute approximate surface area is 232 Å². The molecule has 0 radical (unpaired) electrons. The van der Waals surface area contributed by atoms with E-state index in [4.69, 9.17) is 0 Å². The highest BCUT2D eigenvalue weighted by molar-refractivity contribution is 6.07. The summed E-state index contributed by atoms with van der Waals surface area (Å²) < 4.78 is 28.1. The molecule has 1 heterocycles. The summed E-state index contributed by atoms with van der Waals surface area (Å²) >= 11 is 0. The van der Waals surface area contributed by atoms with Crippen molar-refractivity contribution in [1.29, 1.82) is 0 Å². The van der Waals surface area contributed by atoms with E-state index in [1.165, 1.54) is 21.9 Å². The van der Waals surface area contributed by atoms with E-state index < -0.39 is 40.6 Å². The maximum absolute atomic E-state index is 14.1. The summed E-state index contributed by atoms with van der Waals surface area (Å²) in [6.07, 6.45) is 4.93. The number of rotatable bonds is 6. The largest absolute Gasteiger partial charge is 0.326 e. The van der Waals surface area contributed by atoms with Crippen molar-refractivity contribution in [2.45, 2.75) is 70.4 Å². The van der Waals surface area contributed by atoms with Crippen LogP contribution < -0.4 is 10.6 Å². The summed E-state index contributed by atoms with van der Waals surface area (Å²) in [5, 5.41) is 5.22. The third kappa shape index (κ3) is 4.95. The van der Waals surface area contributed by atoms with Crippen LogP contribution >= 0.6 is 0 Å². The zero-order valence-corrected chi connectivity index (χ0v) is 23.0. The predicted octanol–water partition coefficient (Wildman–Crippen LogP) is 4.48. The Morgan fingerprint density at radius 2 is 1.68 bits per heavy atom. The van der Waals surface area contributed by atoms with Crippen molar-refractivity contribution >= 4 is 29.4 Å². The Kier molecular flexibility index (Phi) is 7.14. The molecule has 0 aromatic heterocycles. The fourth-order valence-corrected chi connectivity index (χ4v) is 6.40. The number of amides is 5. The third-order valence-electron chi connectivity index (χ3n) is 8.93. The molecule has 0 unspecified atom stereocenters. The number of urea groups is 1. The maximum atomic E-state index is 14.1. The Hall–Kier alpha value is -3.82. The molecule has 2 atom stereocenters. The topological polar surface area (TPSA) is 98.8 Å². The molecule has 40 heavy (non-hydrogen) atoms. The molecule has 1 aliphatic heterocycles. The van der Waals surface area contributed by atoms with Crippen LogP contribution in [0, 0.1) is 17.0 Å². The fraction of sp³-hybridized carbons (Fsp3) is 0.467. The molecule has 0 bridgehead atoms. The number of nitrogens with one attached hydrogen (secondary N) is 2. The number of hydrogen-bond donors (Lipinski definition) is 2. The first-order valence-corrected chi connectivity index (χ1v) is 13.7. The number of anilines is 1. The lowest BCUT2D eigenvalue weighted by atomic mass is 9.74. The minimum absolute atomic E-state index is 0.213. The molecule has 8 nitrogen and oxygen atoms in total. The molecule has 2 N–H and O–H groups in total. The second-order valence-corrected chi connectivity index (χ2v) is 11.7. The monoisotopic (exact) mass is 552 g/mol. The molecule has 1 saturated heterocycles. The zero-order valence-electron chi connectivity index (χ0n) is 23.0. The van der Waals surface area contributed by atoms with Crippen molar-refractivity contribution in [3.8, 4) is 0 Å². The van der Waals surface area contributed by atoms with Crippen LogP contribution in [0.25, 0.3) is 0 Å². The minimum Gasteiger partial charge on any atom is -0.326 e. The maximum Gasteiger partial charge on any atom is 0.324 e. The Bertz CT molecular complexity index is 1370. The first-order valence-electron chi connectivity index (χ1n) is 13.7. The van der Waals surface area contributed by atoms with E-state index >= 15 is 0 Å².